The van der Waals surface area contributed by atoms with Gasteiger partial charge in [-0.05, 0) is 54.6 Å². The van der Waals surface area contributed by atoms with E-state index in [0.717, 1.165) is 5.39 Å². The molecule has 1 N–H and O–H groups in total. The minimum absolute atomic E-state index is 0.00345. The Labute approximate surface area is 215 Å². The first kappa shape index (κ1) is 23.4. The first-order valence-electron chi connectivity index (χ1n) is 10.5. The lowest BCUT2D eigenvalue weighted by molar-refractivity contribution is -0.115. The van der Waals surface area contributed by atoms with Crippen LogP contribution in [0.25, 0.3) is 10.9 Å². The Morgan fingerprint density at radius 2 is 1.86 bits per heavy atom. The molecule has 1 aromatic heterocycles. The number of halogens is 2. The van der Waals surface area contributed by atoms with Crippen LogP contribution in [0.2, 0.25) is 10.2 Å². The predicted molar refractivity (Wildman–Crippen MR) is 140 cm³/mol. The minimum Gasteiger partial charge on any atom is -0.508 e. The Balaban J connectivity index is 1.56. The van der Waals surface area contributed by atoms with Crippen LogP contribution in [0.1, 0.15) is 10.9 Å². The van der Waals surface area contributed by atoms with Crippen LogP contribution in [0.15, 0.2) is 77.0 Å². The predicted octanol–water partition coefficient (Wildman–Crippen LogP) is 7.45. The molecule has 0 saturated carbocycles. The maximum Gasteiger partial charge on any atom is 0.238 e. The largest absolute Gasteiger partial charge is 0.508 e. The third kappa shape index (κ3) is 4.77. The molecule has 2 heterocycles. The van der Waals surface area contributed by atoms with Gasteiger partial charge in [-0.3, -0.25) is 9.69 Å². The number of ether oxygens (including phenoxy) is 1. The second-order valence-electron chi connectivity index (χ2n) is 7.70. The number of carbonyl (C=O) groups excluding carboxylic acids is 1. The number of nitrogens with zero attached hydrogens (tertiary/aromatic N) is 4. The van der Waals surface area contributed by atoms with Crippen LogP contribution in [0.4, 0.5) is 17.1 Å². The van der Waals surface area contributed by atoms with Crippen LogP contribution >= 0.6 is 35.0 Å². The number of thioether (sulfide) groups is 1. The van der Waals surface area contributed by atoms with Crippen molar-refractivity contribution in [2.75, 3.05) is 17.8 Å². The lowest BCUT2D eigenvalue weighted by Gasteiger charge is -2.26. The molecule has 0 aliphatic carbocycles. The number of aromatic nitrogens is 1. The van der Waals surface area contributed by atoms with Gasteiger partial charge in [-0.2, -0.15) is 5.11 Å². The van der Waals surface area contributed by atoms with Crippen molar-refractivity contribution in [2.24, 2.45) is 10.2 Å². The van der Waals surface area contributed by atoms with E-state index in [1.807, 2.05) is 18.2 Å². The number of rotatable bonds is 5. The SMILES string of the molecule is COc1ccc2cc(C3SCC(=O)N3c3cc(O)ccc3N=Nc3ccc(Cl)cc3)c(Cl)nc2c1. The molecule has 0 radical (unpaired) electrons. The van der Waals surface area contributed by atoms with E-state index in [4.69, 9.17) is 27.9 Å². The van der Waals surface area contributed by atoms with Crippen molar-refractivity contribution in [3.63, 3.8) is 0 Å². The average molecular weight is 525 g/mol. The van der Waals surface area contributed by atoms with Gasteiger partial charge in [0.25, 0.3) is 0 Å². The van der Waals surface area contributed by atoms with Crippen molar-refractivity contribution in [3.8, 4) is 11.5 Å². The maximum atomic E-state index is 13.0. The molecule has 0 bridgehead atoms. The third-order valence-electron chi connectivity index (χ3n) is 5.46. The number of hydrogen-bond acceptors (Lipinski definition) is 7. The summed E-state index contributed by atoms with van der Waals surface area (Å²) in [4.78, 5) is 19.2. The van der Waals surface area contributed by atoms with E-state index in [9.17, 15) is 9.90 Å². The highest BCUT2D eigenvalue weighted by Crippen LogP contribution is 2.48. The smallest absolute Gasteiger partial charge is 0.238 e. The number of benzene rings is 3. The molecule has 1 amide bonds. The fourth-order valence-electron chi connectivity index (χ4n) is 3.76. The van der Waals surface area contributed by atoms with Gasteiger partial charge in [-0.25, -0.2) is 4.98 Å². The van der Waals surface area contributed by atoms with Gasteiger partial charge in [0.2, 0.25) is 5.91 Å². The van der Waals surface area contributed by atoms with Gasteiger partial charge >= 0.3 is 0 Å². The molecule has 1 fully saturated rings. The van der Waals surface area contributed by atoms with E-state index in [1.165, 1.54) is 23.9 Å². The number of pyridine rings is 1. The minimum atomic E-state index is -0.458. The lowest BCUT2D eigenvalue weighted by Crippen LogP contribution is -2.28. The van der Waals surface area contributed by atoms with Crippen LogP contribution in [0, 0.1) is 0 Å². The molecule has 1 unspecified atom stereocenters. The second-order valence-corrected chi connectivity index (χ2v) is 9.57. The van der Waals surface area contributed by atoms with E-state index in [-0.39, 0.29) is 22.6 Å². The number of anilines is 1. The van der Waals surface area contributed by atoms with Crippen molar-refractivity contribution in [3.05, 3.63) is 82.5 Å². The fraction of sp³-hybridized carbons (Fsp3) is 0.120. The standard InChI is InChI=1S/C25H18Cl2N4O3S/c1-34-18-8-2-14-10-19(24(27)28-21(14)12-18)25-31(23(33)13-35-25)22-11-17(32)7-9-20(22)30-29-16-5-3-15(26)4-6-16/h2-12,25,32H,13H2,1H3. The van der Waals surface area contributed by atoms with Crippen LogP contribution in [-0.2, 0) is 4.79 Å². The van der Waals surface area contributed by atoms with Gasteiger partial charge in [0.05, 0.1) is 29.8 Å². The molecule has 1 aliphatic rings. The van der Waals surface area contributed by atoms with E-state index in [0.29, 0.717) is 38.9 Å². The van der Waals surface area contributed by atoms with E-state index in [2.05, 4.69) is 15.2 Å². The van der Waals surface area contributed by atoms with E-state index in [1.54, 1.807) is 48.4 Å². The molecule has 1 atom stereocenters. The Morgan fingerprint density at radius 1 is 1.06 bits per heavy atom. The normalized spacial score (nSPS) is 15.9. The number of phenols is 1. The Kier molecular flexibility index (Phi) is 6.51. The highest BCUT2D eigenvalue weighted by atomic mass is 35.5. The Hall–Kier alpha value is -3.33. The summed E-state index contributed by atoms with van der Waals surface area (Å²) in [6.45, 7) is 0. The summed E-state index contributed by atoms with van der Waals surface area (Å²) in [5.41, 5.74) is 2.82. The summed E-state index contributed by atoms with van der Waals surface area (Å²) in [6, 6.07) is 19.0. The van der Waals surface area contributed by atoms with Gasteiger partial charge in [0.15, 0.2) is 0 Å². The molecule has 10 heteroatoms. The molecule has 3 aromatic carbocycles. The number of fused-ring (bicyclic) bond motifs is 1. The summed E-state index contributed by atoms with van der Waals surface area (Å²) in [7, 11) is 1.59. The van der Waals surface area contributed by atoms with Crippen molar-refractivity contribution < 1.29 is 14.6 Å². The fourth-order valence-corrected chi connectivity index (χ4v) is 5.38. The van der Waals surface area contributed by atoms with Crippen molar-refractivity contribution in [1.29, 1.82) is 0 Å². The van der Waals surface area contributed by atoms with Crippen molar-refractivity contribution in [2.45, 2.75) is 5.37 Å². The summed E-state index contributed by atoms with van der Waals surface area (Å²) in [5.74, 6) is 0.782. The van der Waals surface area contributed by atoms with Crippen molar-refractivity contribution in [1.82, 2.24) is 4.98 Å². The monoisotopic (exact) mass is 524 g/mol. The number of aromatic hydroxyl groups is 1. The second kappa shape index (κ2) is 9.73. The number of methoxy groups -OCH3 is 1. The zero-order valence-corrected chi connectivity index (χ0v) is 20.7. The number of amides is 1. The van der Waals surface area contributed by atoms with Crippen LogP contribution in [-0.4, -0.2) is 28.9 Å². The lowest BCUT2D eigenvalue weighted by atomic mass is 10.1. The third-order valence-corrected chi connectivity index (χ3v) is 7.21. The zero-order chi connectivity index (χ0) is 24.5. The molecular formula is C25H18Cl2N4O3S. The molecule has 5 rings (SSSR count). The number of hydrogen-bond donors (Lipinski definition) is 1. The summed E-state index contributed by atoms with van der Waals surface area (Å²) < 4.78 is 5.28. The van der Waals surface area contributed by atoms with Gasteiger partial charge < -0.3 is 9.84 Å². The summed E-state index contributed by atoms with van der Waals surface area (Å²) in [6.07, 6.45) is 0. The van der Waals surface area contributed by atoms with Gasteiger partial charge in [-0.1, -0.05) is 23.2 Å². The molecule has 4 aromatic rings. The zero-order valence-electron chi connectivity index (χ0n) is 18.4. The quantitative estimate of drug-likeness (QED) is 0.216. The average Bonchev–Trinajstić information content (AvgIpc) is 3.24. The van der Waals surface area contributed by atoms with Crippen LogP contribution in [0.5, 0.6) is 11.5 Å². The van der Waals surface area contributed by atoms with Crippen LogP contribution < -0.4 is 9.64 Å². The highest BCUT2D eigenvalue weighted by Gasteiger charge is 2.37. The van der Waals surface area contributed by atoms with Crippen molar-refractivity contribution >= 4 is 68.8 Å². The number of phenolic OH excluding ortho intramolecular Hbond substituents is 1. The maximum absolute atomic E-state index is 13.0. The number of azo groups is 1. The first-order valence-corrected chi connectivity index (χ1v) is 12.3. The first-order chi connectivity index (χ1) is 16.9. The van der Waals surface area contributed by atoms with Gasteiger partial charge in [-0.15, -0.1) is 16.9 Å². The molecule has 1 aliphatic heterocycles. The Bertz CT molecular complexity index is 1460. The van der Waals surface area contributed by atoms with E-state index >= 15 is 0 Å². The Morgan fingerprint density at radius 3 is 2.63 bits per heavy atom. The highest BCUT2D eigenvalue weighted by molar-refractivity contribution is 8.00. The van der Waals surface area contributed by atoms with Gasteiger partial charge in [0.1, 0.15) is 27.7 Å². The number of carbonyl (C=O) groups is 1. The molecule has 35 heavy (non-hydrogen) atoms. The van der Waals surface area contributed by atoms with E-state index < -0.39 is 5.37 Å². The van der Waals surface area contributed by atoms with Crippen LogP contribution in [0.3, 0.4) is 0 Å². The molecule has 1 saturated heterocycles. The molecule has 176 valence electrons. The topological polar surface area (TPSA) is 87.4 Å². The molecule has 0 spiro atoms. The molecule has 7 nitrogen and oxygen atoms in total. The molecular weight excluding hydrogens is 507 g/mol. The summed E-state index contributed by atoms with van der Waals surface area (Å²) >= 11 is 14.0. The summed E-state index contributed by atoms with van der Waals surface area (Å²) in [5, 5.41) is 20.1. The van der Waals surface area contributed by atoms with Gasteiger partial charge in [0, 0.05) is 28.1 Å².